The third-order valence-electron chi connectivity index (χ3n) is 13.3. The molecule has 5 fully saturated rings. The molecule has 3 heterocycles. The van der Waals surface area contributed by atoms with Gasteiger partial charge in [-0.2, -0.15) is 0 Å². The van der Waals surface area contributed by atoms with Gasteiger partial charge in [0.1, 0.15) is 35.6 Å². The summed E-state index contributed by atoms with van der Waals surface area (Å²) in [6.45, 7) is 4.00. The number of fused-ring (bicyclic) bond motifs is 5. The van der Waals surface area contributed by atoms with Crippen molar-refractivity contribution in [1.82, 2.24) is 25.2 Å². The van der Waals surface area contributed by atoms with Gasteiger partial charge in [-0.15, -0.1) is 6.58 Å². The summed E-state index contributed by atoms with van der Waals surface area (Å²) in [5.74, 6) is -1.62. The Balaban J connectivity index is 1.16. The van der Waals surface area contributed by atoms with Crippen molar-refractivity contribution in [2.24, 2.45) is 17.8 Å². The van der Waals surface area contributed by atoms with Crippen LogP contribution in [0, 0.1) is 17.8 Å². The highest BCUT2D eigenvalue weighted by molar-refractivity contribution is 7.91. The third kappa shape index (κ3) is 8.86. The molecule has 2 aromatic rings. The molecule has 1 saturated heterocycles. The highest BCUT2D eigenvalue weighted by atomic mass is 32.2. The maximum absolute atomic E-state index is 15.0. The zero-order valence-electron chi connectivity index (χ0n) is 34.0. The van der Waals surface area contributed by atoms with Crippen LogP contribution >= 0.6 is 0 Å². The summed E-state index contributed by atoms with van der Waals surface area (Å²) >= 11 is 0. The fraction of sp³-hybridized carbons (Fsp3) is 0.614. The molecule has 1 aromatic heterocycles. The van der Waals surface area contributed by atoms with E-state index in [0.29, 0.717) is 55.4 Å². The molecule has 4 amide bonds. The quantitative estimate of drug-likeness (QED) is 0.185. The number of hydrogen-bond donors (Lipinski definition) is 4. The molecule has 2 aliphatic heterocycles. The van der Waals surface area contributed by atoms with Crippen LogP contribution in [0.2, 0.25) is 0 Å². The van der Waals surface area contributed by atoms with Gasteiger partial charge in [0, 0.05) is 30.8 Å². The van der Waals surface area contributed by atoms with Crippen LogP contribution in [0.15, 0.2) is 49.1 Å². The molecule has 60 heavy (non-hydrogen) atoms. The second-order valence-electron chi connectivity index (χ2n) is 17.4. The number of carbonyl (C=O) groups excluding carboxylic acids is 4. The van der Waals surface area contributed by atoms with Crippen molar-refractivity contribution in [2.45, 2.75) is 131 Å². The summed E-state index contributed by atoms with van der Waals surface area (Å²) in [6.07, 6.45) is 13.3. The molecule has 16 heteroatoms. The van der Waals surface area contributed by atoms with Crippen molar-refractivity contribution < 1.29 is 46.9 Å². The van der Waals surface area contributed by atoms with Crippen LogP contribution < -0.4 is 24.8 Å². The van der Waals surface area contributed by atoms with E-state index in [4.69, 9.17) is 19.2 Å². The Morgan fingerprint density at radius 3 is 2.57 bits per heavy atom. The van der Waals surface area contributed by atoms with E-state index in [-0.39, 0.29) is 56.4 Å². The molecular formula is C44H57N5O10S. The topological polar surface area (TPSA) is 203 Å². The van der Waals surface area contributed by atoms with Gasteiger partial charge in [0.25, 0.3) is 5.91 Å². The number of benzene rings is 1. The highest BCUT2D eigenvalue weighted by Gasteiger charge is 2.62. The van der Waals surface area contributed by atoms with E-state index in [1.54, 1.807) is 0 Å². The molecule has 4 N–H and O–H groups in total. The normalized spacial score (nSPS) is 30.4. The molecule has 7 atom stereocenters. The smallest absolute Gasteiger partial charge is 0.408 e. The maximum atomic E-state index is 15.0. The van der Waals surface area contributed by atoms with Gasteiger partial charge in [0.05, 0.1) is 29.5 Å². The molecule has 4 aliphatic carbocycles. The first-order valence-electron chi connectivity index (χ1n) is 21.8. The van der Waals surface area contributed by atoms with Crippen LogP contribution in [0.4, 0.5) is 4.79 Å². The van der Waals surface area contributed by atoms with E-state index in [9.17, 15) is 32.7 Å². The predicted octanol–water partition coefficient (Wildman–Crippen LogP) is 4.36. The minimum atomic E-state index is -3.92. The third-order valence-corrected chi connectivity index (χ3v) is 15.1. The molecule has 0 spiro atoms. The van der Waals surface area contributed by atoms with Crippen LogP contribution in [0.25, 0.3) is 10.9 Å². The summed E-state index contributed by atoms with van der Waals surface area (Å²) in [7, 11) is -3.92. The lowest BCUT2D eigenvalue weighted by atomic mass is 9.96. The molecule has 0 unspecified atom stereocenters. The lowest BCUT2D eigenvalue weighted by Gasteiger charge is -2.32. The van der Waals surface area contributed by atoms with Crippen molar-refractivity contribution in [1.29, 1.82) is 0 Å². The van der Waals surface area contributed by atoms with Gasteiger partial charge in [-0.1, -0.05) is 43.2 Å². The van der Waals surface area contributed by atoms with Gasteiger partial charge in [-0.05, 0) is 94.6 Å². The molecule has 324 valence electrons. The van der Waals surface area contributed by atoms with Crippen LogP contribution in [0.3, 0.4) is 0 Å². The largest absolute Gasteiger partial charge is 0.492 e. The number of para-hydroxylation sites is 1. The SMILES string of the molecule is C=C[C@@H]1C[C@]1(NC(=O)[C@@H]1C[C@@H]2CN1C(=O)[C@H](C1CCCC1)NC(=O)O[C@@H]1CCC[C@H]1CC/C=C\Cc1c(nc3ccccc3c1OCCCO)O2)C(=O)NS(=O)(=O)C1CC1. The Labute approximate surface area is 351 Å². The first-order valence-corrected chi connectivity index (χ1v) is 23.3. The number of amides is 4. The fourth-order valence-corrected chi connectivity index (χ4v) is 11.1. The number of ether oxygens (including phenoxy) is 3. The van der Waals surface area contributed by atoms with E-state index in [2.05, 4.69) is 28.0 Å². The van der Waals surface area contributed by atoms with Crippen molar-refractivity contribution >= 4 is 44.7 Å². The van der Waals surface area contributed by atoms with E-state index in [1.807, 2.05) is 30.3 Å². The van der Waals surface area contributed by atoms with Gasteiger partial charge in [-0.25, -0.2) is 18.2 Å². The number of hydrogen-bond acceptors (Lipinski definition) is 11. The van der Waals surface area contributed by atoms with Crippen LogP contribution in [0.5, 0.6) is 11.6 Å². The number of alkyl carbamates (subject to hydrolysis) is 1. The molecule has 4 saturated carbocycles. The van der Waals surface area contributed by atoms with Crippen molar-refractivity contribution in [2.75, 3.05) is 19.8 Å². The summed E-state index contributed by atoms with van der Waals surface area (Å²) in [5, 5.41) is 15.5. The lowest BCUT2D eigenvalue weighted by molar-refractivity contribution is -0.142. The van der Waals surface area contributed by atoms with Crippen molar-refractivity contribution in [3.05, 3.63) is 54.6 Å². The zero-order valence-corrected chi connectivity index (χ0v) is 34.8. The number of aromatic nitrogens is 1. The van der Waals surface area contributed by atoms with Crippen LogP contribution in [-0.2, 0) is 35.6 Å². The van der Waals surface area contributed by atoms with Gasteiger partial charge in [0.15, 0.2) is 0 Å². The Morgan fingerprint density at radius 2 is 1.82 bits per heavy atom. The molecule has 1 aromatic carbocycles. The second-order valence-corrected chi connectivity index (χ2v) is 19.3. The second kappa shape index (κ2) is 17.7. The number of rotatable bonds is 11. The highest BCUT2D eigenvalue weighted by Crippen LogP contribution is 2.46. The number of aliphatic hydroxyl groups is 1. The van der Waals surface area contributed by atoms with Gasteiger partial charge >= 0.3 is 6.09 Å². The van der Waals surface area contributed by atoms with E-state index in [0.717, 1.165) is 50.3 Å². The average molecular weight is 848 g/mol. The zero-order chi connectivity index (χ0) is 42.0. The van der Waals surface area contributed by atoms with Crippen LogP contribution in [0.1, 0.15) is 95.5 Å². The first-order chi connectivity index (χ1) is 29.0. The van der Waals surface area contributed by atoms with Gasteiger partial charge < -0.3 is 34.9 Å². The average Bonchev–Trinajstić information content (AvgIpc) is 4.02. The first kappa shape index (κ1) is 42.0. The number of allylic oxidation sites excluding steroid dienone is 2. The number of aliphatic hydroxyl groups excluding tert-OH is 1. The minimum Gasteiger partial charge on any atom is -0.492 e. The Morgan fingerprint density at radius 1 is 1.03 bits per heavy atom. The van der Waals surface area contributed by atoms with E-state index < -0.39 is 68.7 Å². The number of sulfonamides is 1. The van der Waals surface area contributed by atoms with Crippen molar-refractivity contribution in [3.8, 4) is 11.6 Å². The summed E-state index contributed by atoms with van der Waals surface area (Å²) in [6, 6.07) is 5.43. The van der Waals surface area contributed by atoms with Crippen LogP contribution in [-0.4, -0.2) is 102 Å². The van der Waals surface area contributed by atoms with Gasteiger partial charge in [-0.3, -0.25) is 19.1 Å². The Kier molecular flexibility index (Phi) is 12.4. The van der Waals surface area contributed by atoms with E-state index in [1.165, 1.54) is 11.0 Å². The number of carbonyl (C=O) groups is 4. The summed E-state index contributed by atoms with van der Waals surface area (Å²) in [5.41, 5.74) is -0.255. The van der Waals surface area contributed by atoms with E-state index >= 15 is 0 Å². The van der Waals surface area contributed by atoms with Crippen molar-refractivity contribution in [3.63, 3.8) is 0 Å². The molecule has 15 nitrogen and oxygen atoms in total. The molecule has 6 aliphatic rings. The lowest BCUT2D eigenvalue weighted by Crippen LogP contribution is -2.59. The van der Waals surface area contributed by atoms with Gasteiger partial charge in [0.2, 0.25) is 27.7 Å². The minimum absolute atomic E-state index is 0.0183. The maximum Gasteiger partial charge on any atom is 0.408 e. The predicted molar refractivity (Wildman–Crippen MR) is 221 cm³/mol. The Bertz CT molecular complexity index is 2120. The molecular weight excluding hydrogens is 791 g/mol. The molecule has 8 rings (SSSR count). The molecule has 2 bridgehead atoms. The number of nitrogens with zero attached hydrogens (tertiary/aromatic N) is 2. The molecule has 0 radical (unpaired) electrons. The summed E-state index contributed by atoms with van der Waals surface area (Å²) < 4.78 is 47.1. The standard InChI is InChI=1S/C44H57N5O10S/c1-2-29-25-44(29,42(53)48-60(55,56)31-20-21-31)47-39(51)35-24-30-26-49(35)41(52)37(28-13-6-7-14-28)46-43(54)59-36-19-10-15-27(36)12-4-3-5-17-33-38(57-23-11-22-50)32-16-8-9-18-34(32)45-40(33)58-30/h2-3,5,8-9,16,18,27-31,35-37,50H,1,4,6-7,10-15,17,19-26H2,(H,46,54)(H,47,51)(H,48,53)/b5-3-/t27-,29-,30-,35+,36-,37+,44-/m1/s1. The Hall–Kier alpha value is -4.70. The monoisotopic (exact) mass is 847 g/mol. The fourth-order valence-electron chi connectivity index (χ4n) is 9.70. The number of pyridine rings is 1. The summed E-state index contributed by atoms with van der Waals surface area (Å²) in [4.78, 5) is 63.3. The number of nitrogens with one attached hydrogen (secondary N) is 3.